The maximum absolute atomic E-state index is 15.1. The zero-order valence-electron chi connectivity index (χ0n) is 16.6. The number of fused-ring (bicyclic) bond motifs is 2. The van der Waals surface area contributed by atoms with Crippen molar-refractivity contribution in [3.63, 3.8) is 0 Å². The minimum atomic E-state index is -0.527. The van der Waals surface area contributed by atoms with Crippen LogP contribution >= 0.6 is 0 Å². The van der Waals surface area contributed by atoms with Crippen LogP contribution in [0.3, 0.4) is 0 Å². The maximum Gasteiger partial charge on any atom is 0.158 e. The predicted octanol–water partition coefficient (Wildman–Crippen LogP) is 5.10. The molecule has 0 amide bonds. The molecule has 2 aromatic carbocycles. The number of hydrogen-bond donors (Lipinski definition) is 1. The number of aromatic nitrogens is 5. The molecule has 0 fully saturated rings. The Kier molecular flexibility index (Phi) is 4.43. The summed E-state index contributed by atoms with van der Waals surface area (Å²) in [4.78, 5) is 12.3. The highest BCUT2D eigenvalue weighted by Crippen LogP contribution is 2.33. The van der Waals surface area contributed by atoms with Gasteiger partial charge < -0.3 is 10.1 Å². The molecule has 0 unspecified atom stereocenters. The van der Waals surface area contributed by atoms with Gasteiger partial charge in [0.15, 0.2) is 11.5 Å². The van der Waals surface area contributed by atoms with Gasteiger partial charge in [-0.3, -0.25) is 0 Å². The Bertz CT molecular complexity index is 1450. The molecule has 0 saturated heterocycles. The molecule has 0 spiro atoms. The molecule has 3 aromatic heterocycles. The van der Waals surface area contributed by atoms with Crippen molar-refractivity contribution >= 4 is 28.1 Å². The van der Waals surface area contributed by atoms with E-state index in [2.05, 4.69) is 25.4 Å². The molecular weight excluding hydrogens is 402 g/mol. The fourth-order valence-corrected chi connectivity index (χ4v) is 3.30. The number of nitrogens with one attached hydrogen (secondary N) is 1. The van der Waals surface area contributed by atoms with Crippen LogP contribution in [0.4, 0.5) is 20.3 Å². The molecule has 5 aromatic rings. The van der Waals surface area contributed by atoms with Crippen LogP contribution in [0, 0.1) is 25.5 Å². The molecule has 0 aliphatic carbocycles. The second-order valence-corrected chi connectivity index (χ2v) is 7.02. The highest BCUT2D eigenvalue weighted by atomic mass is 19.1. The second-order valence-electron chi connectivity index (χ2n) is 7.02. The molecule has 0 radical (unpaired) electrons. The summed E-state index contributed by atoms with van der Waals surface area (Å²) in [6.07, 6.45) is 4.45. The monoisotopic (exact) mass is 418 g/mol. The Morgan fingerprint density at radius 2 is 1.81 bits per heavy atom. The zero-order chi connectivity index (χ0) is 21.5. The van der Waals surface area contributed by atoms with Gasteiger partial charge in [-0.25, -0.2) is 28.2 Å². The Labute approximate surface area is 175 Å². The van der Waals surface area contributed by atoms with Gasteiger partial charge in [-0.05, 0) is 43.7 Å². The van der Waals surface area contributed by atoms with Gasteiger partial charge in [-0.1, -0.05) is 6.07 Å². The van der Waals surface area contributed by atoms with Crippen LogP contribution in [0.15, 0.2) is 55.2 Å². The molecule has 0 bridgehead atoms. The van der Waals surface area contributed by atoms with E-state index in [1.165, 1.54) is 18.7 Å². The first-order valence-electron chi connectivity index (χ1n) is 9.44. The van der Waals surface area contributed by atoms with Crippen molar-refractivity contribution in [1.29, 1.82) is 0 Å². The van der Waals surface area contributed by atoms with E-state index in [0.717, 1.165) is 0 Å². The van der Waals surface area contributed by atoms with Crippen molar-refractivity contribution < 1.29 is 13.5 Å². The molecule has 31 heavy (non-hydrogen) atoms. The second kappa shape index (κ2) is 7.28. The number of aryl methyl sites for hydroxylation is 1. The summed E-state index contributed by atoms with van der Waals surface area (Å²) in [5, 5.41) is 7.13. The average molecular weight is 418 g/mol. The number of nitrogens with zero attached hydrogens (tertiary/aromatic N) is 5. The van der Waals surface area contributed by atoms with Gasteiger partial charge in [-0.15, -0.1) is 0 Å². The Morgan fingerprint density at radius 1 is 0.935 bits per heavy atom. The lowest BCUT2D eigenvalue weighted by Gasteiger charge is -2.14. The number of anilines is 2. The average Bonchev–Trinajstić information content (AvgIpc) is 3.24. The Morgan fingerprint density at radius 3 is 2.68 bits per heavy atom. The maximum atomic E-state index is 15.1. The normalized spacial score (nSPS) is 11.2. The van der Waals surface area contributed by atoms with Crippen LogP contribution in [-0.4, -0.2) is 24.6 Å². The van der Waals surface area contributed by atoms with E-state index in [1.807, 2.05) is 0 Å². The molecule has 0 atom stereocenters. The summed E-state index contributed by atoms with van der Waals surface area (Å²) in [7, 11) is 0. The van der Waals surface area contributed by atoms with Crippen molar-refractivity contribution in [2.75, 3.05) is 5.32 Å². The summed E-state index contributed by atoms with van der Waals surface area (Å²) in [6.45, 7) is 3.26. The summed E-state index contributed by atoms with van der Waals surface area (Å²) in [5.74, 6) is 0.0717. The van der Waals surface area contributed by atoms with E-state index in [9.17, 15) is 4.39 Å². The number of benzene rings is 2. The first kappa shape index (κ1) is 18.9. The number of halogens is 2. The molecule has 9 heteroatoms. The summed E-state index contributed by atoms with van der Waals surface area (Å²) >= 11 is 0. The van der Waals surface area contributed by atoms with Crippen molar-refractivity contribution in [2.45, 2.75) is 13.8 Å². The molecule has 0 saturated carbocycles. The van der Waals surface area contributed by atoms with Crippen molar-refractivity contribution in [1.82, 2.24) is 24.6 Å². The van der Waals surface area contributed by atoms with Crippen LogP contribution in [0.1, 0.15) is 11.1 Å². The summed E-state index contributed by atoms with van der Waals surface area (Å²) in [5.41, 5.74) is 1.94. The first-order valence-corrected chi connectivity index (χ1v) is 9.44. The van der Waals surface area contributed by atoms with Crippen LogP contribution < -0.4 is 10.1 Å². The van der Waals surface area contributed by atoms with Crippen molar-refractivity contribution in [3.05, 3.63) is 78.0 Å². The molecule has 154 valence electrons. The quantitative estimate of drug-likeness (QED) is 0.437. The molecule has 5 rings (SSSR count). The standard InChI is InChI=1S/C22H16F2N6O/c1-12-3-4-15-19(20(12)23)22(27-10-25-15)29-16-5-6-17(13(2)21(16)24)31-14-7-8-30-18(9-14)26-11-28-30/h3-11H,1-2H3,(H,25,27,29). The van der Waals surface area contributed by atoms with Gasteiger partial charge in [0.1, 0.15) is 35.8 Å². The summed E-state index contributed by atoms with van der Waals surface area (Å²) < 4.78 is 37.3. The van der Waals surface area contributed by atoms with E-state index in [4.69, 9.17) is 4.74 Å². The molecule has 0 aliphatic heterocycles. The predicted molar refractivity (Wildman–Crippen MR) is 112 cm³/mol. The topological polar surface area (TPSA) is 77.2 Å². The third-order valence-corrected chi connectivity index (χ3v) is 5.00. The summed E-state index contributed by atoms with van der Waals surface area (Å²) in [6, 6.07) is 9.92. The number of pyridine rings is 1. The van der Waals surface area contributed by atoms with Crippen molar-refractivity contribution in [3.8, 4) is 11.5 Å². The van der Waals surface area contributed by atoms with E-state index in [1.54, 1.807) is 54.9 Å². The van der Waals surface area contributed by atoms with E-state index >= 15 is 4.39 Å². The van der Waals surface area contributed by atoms with Gasteiger partial charge in [-0.2, -0.15) is 5.10 Å². The van der Waals surface area contributed by atoms with Gasteiger partial charge >= 0.3 is 0 Å². The fourth-order valence-electron chi connectivity index (χ4n) is 3.30. The minimum Gasteiger partial charge on any atom is -0.457 e. The largest absolute Gasteiger partial charge is 0.457 e. The lowest BCUT2D eigenvalue weighted by Crippen LogP contribution is -2.02. The molecule has 7 nitrogen and oxygen atoms in total. The Balaban J connectivity index is 1.48. The van der Waals surface area contributed by atoms with Crippen LogP contribution in [-0.2, 0) is 0 Å². The number of hydrogen-bond acceptors (Lipinski definition) is 6. The van der Waals surface area contributed by atoms with Gasteiger partial charge in [0.25, 0.3) is 0 Å². The molecule has 0 aliphatic rings. The Hall–Kier alpha value is -4.14. The fraction of sp³-hybridized carbons (Fsp3) is 0.0909. The highest BCUT2D eigenvalue weighted by Gasteiger charge is 2.16. The van der Waals surface area contributed by atoms with E-state index in [0.29, 0.717) is 33.8 Å². The lowest BCUT2D eigenvalue weighted by atomic mass is 10.1. The zero-order valence-corrected chi connectivity index (χ0v) is 16.6. The van der Waals surface area contributed by atoms with Crippen LogP contribution in [0.25, 0.3) is 16.6 Å². The van der Waals surface area contributed by atoms with Gasteiger partial charge in [0, 0.05) is 17.8 Å². The SMILES string of the molecule is Cc1ccc2ncnc(Nc3ccc(Oc4ccn5ncnc5c4)c(C)c3F)c2c1F. The number of rotatable bonds is 4. The third kappa shape index (κ3) is 3.29. The van der Waals surface area contributed by atoms with Crippen LogP contribution in [0.5, 0.6) is 11.5 Å². The van der Waals surface area contributed by atoms with E-state index < -0.39 is 11.6 Å². The van der Waals surface area contributed by atoms with E-state index in [-0.39, 0.29) is 16.9 Å². The van der Waals surface area contributed by atoms with Gasteiger partial charge in [0.2, 0.25) is 0 Å². The molecule has 3 heterocycles. The molecular formula is C22H16F2N6O. The minimum absolute atomic E-state index is 0.152. The van der Waals surface area contributed by atoms with Crippen molar-refractivity contribution in [2.24, 2.45) is 0 Å². The van der Waals surface area contributed by atoms with Crippen LogP contribution in [0.2, 0.25) is 0 Å². The number of ether oxygens (including phenoxy) is 1. The highest BCUT2D eigenvalue weighted by molar-refractivity contribution is 5.91. The van der Waals surface area contributed by atoms with Gasteiger partial charge in [0.05, 0.1) is 16.6 Å². The smallest absolute Gasteiger partial charge is 0.158 e. The molecule has 1 N–H and O–H groups in total. The first-order chi connectivity index (χ1) is 15.0. The third-order valence-electron chi connectivity index (χ3n) is 5.00. The lowest BCUT2D eigenvalue weighted by molar-refractivity contribution is 0.471.